The van der Waals surface area contributed by atoms with Gasteiger partial charge in [0.25, 0.3) is 5.91 Å². The SMILES string of the molecule is CC(CCc1ccccc1)N(Cc1ncc[nH]1)C(=O)c1coc2ccccc2c1=O. The third kappa shape index (κ3) is 4.17. The van der Waals surface area contributed by atoms with E-state index in [0.717, 1.165) is 12.8 Å². The van der Waals surface area contributed by atoms with Gasteiger partial charge in [0.15, 0.2) is 0 Å². The van der Waals surface area contributed by atoms with E-state index in [1.54, 1.807) is 41.6 Å². The van der Waals surface area contributed by atoms with Crippen molar-refractivity contribution >= 4 is 16.9 Å². The minimum absolute atomic E-state index is 0.0341. The molecule has 2 aromatic carbocycles. The minimum atomic E-state index is -0.355. The van der Waals surface area contributed by atoms with Gasteiger partial charge in [-0.1, -0.05) is 42.5 Å². The van der Waals surface area contributed by atoms with Crippen LogP contribution in [0.5, 0.6) is 0 Å². The Labute approximate surface area is 174 Å². The second kappa shape index (κ2) is 8.78. The molecule has 30 heavy (non-hydrogen) atoms. The number of benzene rings is 2. The summed E-state index contributed by atoms with van der Waals surface area (Å²) in [6.07, 6.45) is 6.23. The van der Waals surface area contributed by atoms with E-state index in [9.17, 15) is 9.59 Å². The van der Waals surface area contributed by atoms with Gasteiger partial charge in [-0.2, -0.15) is 0 Å². The normalized spacial score (nSPS) is 12.0. The zero-order chi connectivity index (χ0) is 20.9. The van der Waals surface area contributed by atoms with Gasteiger partial charge in [0.2, 0.25) is 5.43 Å². The maximum atomic E-state index is 13.4. The van der Waals surface area contributed by atoms with Crippen molar-refractivity contribution in [3.63, 3.8) is 0 Å². The van der Waals surface area contributed by atoms with E-state index < -0.39 is 0 Å². The molecule has 0 aliphatic carbocycles. The number of nitrogens with one attached hydrogen (secondary N) is 1. The van der Waals surface area contributed by atoms with E-state index in [1.165, 1.54) is 11.8 Å². The van der Waals surface area contributed by atoms with Crippen molar-refractivity contribution in [1.82, 2.24) is 14.9 Å². The van der Waals surface area contributed by atoms with Crippen LogP contribution in [0, 0.1) is 0 Å². The maximum Gasteiger partial charge on any atom is 0.261 e. The predicted molar refractivity (Wildman–Crippen MR) is 115 cm³/mol. The molecule has 0 aliphatic rings. The topological polar surface area (TPSA) is 79.2 Å². The first-order chi connectivity index (χ1) is 14.6. The van der Waals surface area contributed by atoms with E-state index >= 15 is 0 Å². The number of fused-ring (bicyclic) bond motifs is 1. The van der Waals surface area contributed by atoms with Crippen LogP contribution in [0.3, 0.4) is 0 Å². The summed E-state index contributed by atoms with van der Waals surface area (Å²) in [7, 11) is 0. The number of aromatic nitrogens is 2. The highest BCUT2D eigenvalue weighted by atomic mass is 16.3. The fourth-order valence-electron chi connectivity index (χ4n) is 3.53. The molecule has 2 aromatic heterocycles. The van der Waals surface area contributed by atoms with Gasteiger partial charge in [-0.25, -0.2) is 4.98 Å². The van der Waals surface area contributed by atoms with Crippen molar-refractivity contribution in [2.45, 2.75) is 32.4 Å². The molecule has 2 heterocycles. The van der Waals surface area contributed by atoms with E-state index in [4.69, 9.17) is 4.42 Å². The van der Waals surface area contributed by atoms with Crippen LogP contribution < -0.4 is 5.43 Å². The van der Waals surface area contributed by atoms with Crippen LogP contribution in [0.1, 0.15) is 35.1 Å². The Balaban J connectivity index is 1.62. The highest BCUT2D eigenvalue weighted by Gasteiger charge is 2.26. The molecule has 0 bridgehead atoms. The minimum Gasteiger partial charge on any atom is -0.463 e. The fourth-order valence-corrected chi connectivity index (χ4v) is 3.53. The lowest BCUT2D eigenvalue weighted by Gasteiger charge is -2.28. The van der Waals surface area contributed by atoms with Gasteiger partial charge < -0.3 is 14.3 Å². The smallest absolute Gasteiger partial charge is 0.261 e. The summed E-state index contributed by atoms with van der Waals surface area (Å²) in [5, 5.41) is 0.401. The molecule has 0 aliphatic heterocycles. The van der Waals surface area contributed by atoms with Crippen LogP contribution in [0.15, 0.2) is 82.5 Å². The summed E-state index contributed by atoms with van der Waals surface area (Å²) in [5.74, 6) is 0.312. The Morgan fingerprint density at radius 1 is 1.13 bits per heavy atom. The first kappa shape index (κ1) is 19.6. The van der Waals surface area contributed by atoms with Crippen molar-refractivity contribution in [2.75, 3.05) is 0 Å². The Bertz CT molecular complexity index is 1180. The summed E-state index contributed by atoms with van der Waals surface area (Å²) in [4.78, 5) is 35.3. The third-order valence-electron chi connectivity index (χ3n) is 5.27. The number of carbonyl (C=O) groups excluding carboxylic acids is 1. The van der Waals surface area contributed by atoms with Crippen molar-refractivity contribution in [3.05, 3.63) is 100 Å². The average Bonchev–Trinajstić information content (AvgIpc) is 3.30. The highest BCUT2D eigenvalue weighted by molar-refractivity contribution is 5.96. The molecule has 0 saturated heterocycles. The van der Waals surface area contributed by atoms with Crippen LogP contribution in [0.2, 0.25) is 0 Å². The zero-order valence-corrected chi connectivity index (χ0v) is 16.7. The molecular formula is C24H23N3O3. The maximum absolute atomic E-state index is 13.4. The number of nitrogens with zero attached hydrogens (tertiary/aromatic N) is 2. The highest BCUT2D eigenvalue weighted by Crippen LogP contribution is 2.17. The largest absolute Gasteiger partial charge is 0.463 e. The molecule has 1 unspecified atom stereocenters. The second-order valence-corrected chi connectivity index (χ2v) is 7.32. The van der Waals surface area contributed by atoms with Crippen LogP contribution in [-0.4, -0.2) is 26.8 Å². The van der Waals surface area contributed by atoms with Crippen LogP contribution >= 0.6 is 0 Å². The fraction of sp³-hybridized carbons (Fsp3) is 0.208. The first-order valence-corrected chi connectivity index (χ1v) is 9.97. The first-order valence-electron chi connectivity index (χ1n) is 9.97. The molecule has 152 valence electrons. The lowest BCUT2D eigenvalue weighted by atomic mass is 10.0. The molecule has 0 fully saturated rings. The van der Waals surface area contributed by atoms with Crippen molar-refractivity contribution in [1.29, 1.82) is 0 Å². The van der Waals surface area contributed by atoms with E-state index in [0.29, 0.717) is 16.8 Å². The standard InChI is InChI=1S/C24H23N3O3/c1-17(11-12-18-7-3-2-4-8-18)27(15-22-25-13-14-26-22)24(29)20-16-30-21-10-6-5-9-19(21)23(20)28/h2-10,13-14,16-17H,11-12,15H2,1H3,(H,25,26). The number of rotatable bonds is 7. The molecular weight excluding hydrogens is 378 g/mol. The average molecular weight is 401 g/mol. The Morgan fingerprint density at radius 3 is 2.67 bits per heavy atom. The van der Waals surface area contributed by atoms with Crippen molar-refractivity contribution in [3.8, 4) is 0 Å². The molecule has 0 spiro atoms. The number of para-hydroxylation sites is 1. The van der Waals surface area contributed by atoms with Crippen LogP contribution in [0.25, 0.3) is 11.0 Å². The molecule has 1 N–H and O–H groups in total. The number of hydrogen-bond donors (Lipinski definition) is 1. The van der Waals surface area contributed by atoms with Gasteiger partial charge in [-0.05, 0) is 37.5 Å². The van der Waals surface area contributed by atoms with E-state index in [-0.39, 0.29) is 29.5 Å². The molecule has 6 nitrogen and oxygen atoms in total. The van der Waals surface area contributed by atoms with E-state index in [2.05, 4.69) is 22.1 Å². The van der Waals surface area contributed by atoms with Gasteiger partial charge in [0.05, 0.1) is 11.9 Å². The predicted octanol–water partition coefficient (Wildman–Crippen LogP) is 4.18. The van der Waals surface area contributed by atoms with Crippen molar-refractivity contribution < 1.29 is 9.21 Å². The molecule has 1 amide bonds. The number of aromatic amines is 1. The van der Waals surface area contributed by atoms with Gasteiger partial charge in [-0.3, -0.25) is 9.59 Å². The molecule has 4 aromatic rings. The van der Waals surface area contributed by atoms with Gasteiger partial charge in [0.1, 0.15) is 23.2 Å². The van der Waals surface area contributed by atoms with Gasteiger partial charge in [-0.15, -0.1) is 0 Å². The quantitative estimate of drug-likeness (QED) is 0.504. The molecule has 0 saturated carbocycles. The van der Waals surface area contributed by atoms with Crippen molar-refractivity contribution in [2.24, 2.45) is 0 Å². The summed E-state index contributed by atoms with van der Waals surface area (Å²) in [5.41, 5.74) is 1.39. The summed E-state index contributed by atoms with van der Waals surface area (Å²) in [6, 6.07) is 17.0. The zero-order valence-electron chi connectivity index (χ0n) is 16.7. The van der Waals surface area contributed by atoms with Gasteiger partial charge in [0, 0.05) is 18.4 Å². The monoisotopic (exact) mass is 401 g/mol. The lowest BCUT2D eigenvalue weighted by Crippen LogP contribution is -2.40. The summed E-state index contributed by atoms with van der Waals surface area (Å²) >= 11 is 0. The Morgan fingerprint density at radius 2 is 1.90 bits per heavy atom. The third-order valence-corrected chi connectivity index (χ3v) is 5.27. The molecule has 1 atom stereocenters. The number of carbonyl (C=O) groups is 1. The second-order valence-electron chi connectivity index (χ2n) is 7.32. The Hall–Kier alpha value is -3.67. The molecule has 6 heteroatoms. The number of hydrogen-bond acceptors (Lipinski definition) is 4. The molecule has 0 radical (unpaired) electrons. The van der Waals surface area contributed by atoms with E-state index in [1.807, 2.05) is 25.1 Å². The number of imidazole rings is 1. The van der Waals surface area contributed by atoms with Crippen LogP contribution in [-0.2, 0) is 13.0 Å². The Kier molecular flexibility index (Phi) is 5.75. The number of H-pyrrole nitrogens is 1. The molecule has 4 rings (SSSR count). The van der Waals surface area contributed by atoms with Crippen LogP contribution in [0.4, 0.5) is 0 Å². The number of amides is 1. The van der Waals surface area contributed by atoms with Gasteiger partial charge >= 0.3 is 0 Å². The number of aryl methyl sites for hydroxylation is 1. The summed E-state index contributed by atoms with van der Waals surface area (Å²) < 4.78 is 5.57. The summed E-state index contributed by atoms with van der Waals surface area (Å²) in [6.45, 7) is 2.28. The lowest BCUT2D eigenvalue weighted by molar-refractivity contribution is 0.0659.